The second-order valence-corrected chi connectivity index (χ2v) is 8.85. The molecule has 2 saturated heterocycles. The summed E-state index contributed by atoms with van der Waals surface area (Å²) in [5.74, 6) is 0.740. The molecule has 1 atom stereocenters. The van der Waals surface area contributed by atoms with Gasteiger partial charge in [0.1, 0.15) is 0 Å². The number of rotatable bonds is 7. The van der Waals surface area contributed by atoms with E-state index >= 15 is 0 Å². The lowest BCUT2D eigenvalue weighted by molar-refractivity contribution is -0.135. The van der Waals surface area contributed by atoms with Crippen molar-refractivity contribution in [2.24, 2.45) is 5.92 Å². The van der Waals surface area contributed by atoms with Crippen LogP contribution in [0.25, 0.3) is 0 Å². The third-order valence-corrected chi connectivity index (χ3v) is 6.61. The lowest BCUT2D eigenvalue weighted by atomic mass is 10.1. The topological polar surface area (TPSA) is 62.3 Å². The van der Waals surface area contributed by atoms with Crippen molar-refractivity contribution in [2.45, 2.75) is 32.2 Å². The van der Waals surface area contributed by atoms with Crippen molar-refractivity contribution in [1.82, 2.24) is 4.90 Å². The van der Waals surface area contributed by atoms with Gasteiger partial charge in [-0.05, 0) is 49.1 Å². The number of nitrogens with zero attached hydrogens (tertiary/aromatic N) is 3. The first kappa shape index (κ1) is 23.0. The molecule has 33 heavy (non-hydrogen) atoms. The van der Waals surface area contributed by atoms with Gasteiger partial charge in [-0.15, -0.1) is 0 Å². The molecule has 7 nitrogen and oxygen atoms in total. The molecule has 2 amide bonds. The van der Waals surface area contributed by atoms with Gasteiger partial charge in [-0.1, -0.05) is 12.1 Å². The first-order valence-electron chi connectivity index (χ1n) is 11.6. The molecule has 2 aliphatic heterocycles. The molecule has 2 fully saturated rings. The van der Waals surface area contributed by atoms with E-state index in [1.807, 2.05) is 13.1 Å². The number of anilines is 2. The Labute approximate surface area is 195 Å². The summed E-state index contributed by atoms with van der Waals surface area (Å²) in [4.78, 5) is 31.6. The number of carbonyl (C=O) groups excluding carboxylic acids is 2. The van der Waals surface area contributed by atoms with E-state index in [1.54, 1.807) is 36.2 Å². The van der Waals surface area contributed by atoms with E-state index in [0.29, 0.717) is 30.3 Å². The lowest BCUT2D eigenvalue weighted by Crippen LogP contribution is -2.34. The van der Waals surface area contributed by atoms with Gasteiger partial charge in [-0.2, -0.15) is 0 Å². The van der Waals surface area contributed by atoms with E-state index < -0.39 is 0 Å². The van der Waals surface area contributed by atoms with Crippen molar-refractivity contribution >= 4 is 23.2 Å². The average Bonchev–Trinajstić information content (AvgIpc) is 3.25. The van der Waals surface area contributed by atoms with Crippen molar-refractivity contribution in [2.75, 3.05) is 50.7 Å². The summed E-state index contributed by atoms with van der Waals surface area (Å²) in [6, 6.07) is 13.9. The third kappa shape index (κ3) is 5.07. The zero-order chi connectivity index (χ0) is 23.4. The van der Waals surface area contributed by atoms with Crippen molar-refractivity contribution in [3.05, 3.63) is 48.0 Å². The molecule has 4 rings (SSSR count). The second-order valence-electron chi connectivity index (χ2n) is 8.85. The first-order valence-corrected chi connectivity index (χ1v) is 11.6. The Hall–Kier alpha value is -3.22. The van der Waals surface area contributed by atoms with E-state index in [0.717, 1.165) is 18.7 Å². The minimum absolute atomic E-state index is 0.00793. The zero-order valence-corrected chi connectivity index (χ0v) is 19.8. The second kappa shape index (κ2) is 10.1. The summed E-state index contributed by atoms with van der Waals surface area (Å²) in [6.45, 7) is 3.12. The SMILES string of the molecule is COc1ccc(N2CC(C(=O)N(C)Cc3ccc(N4CCCCC4)cc3)CC2=O)cc1OC. The van der Waals surface area contributed by atoms with Gasteiger partial charge in [-0.25, -0.2) is 0 Å². The molecule has 0 radical (unpaired) electrons. The van der Waals surface area contributed by atoms with Crippen LogP contribution in [-0.2, 0) is 16.1 Å². The number of piperidine rings is 1. The van der Waals surface area contributed by atoms with E-state index in [4.69, 9.17) is 9.47 Å². The molecule has 0 saturated carbocycles. The quantitative estimate of drug-likeness (QED) is 0.642. The Kier molecular flexibility index (Phi) is 7.06. The summed E-state index contributed by atoms with van der Waals surface area (Å²) in [5.41, 5.74) is 3.05. The molecule has 0 bridgehead atoms. The Morgan fingerprint density at radius 1 is 0.970 bits per heavy atom. The van der Waals surface area contributed by atoms with Crippen molar-refractivity contribution < 1.29 is 19.1 Å². The minimum Gasteiger partial charge on any atom is -0.493 e. The van der Waals surface area contributed by atoms with Crippen LogP contribution in [-0.4, -0.2) is 57.6 Å². The van der Waals surface area contributed by atoms with Crippen LogP contribution in [0.4, 0.5) is 11.4 Å². The van der Waals surface area contributed by atoms with E-state index in [9.17, 15) is 9.59 Å². The van der Waals surface area contributed by atoms with Gasteiger partial charge in [0.2, 0.25) is 11.8 Å². The van der Waals surface area contributed by atoms with Gasteiger partial charge in [0.15, 0.2) is 11.5 Å². The van der Waals surface area contributed by atoms with Crippen LogP contribution in [0.1, 0.15) is 31.2 Å². The summed E-state index contributed by atoms with van der Waals surface area (Å²) in [5, 5.41) is 0. The molecule has 176 valence electrons. The fourth-order valence-electron chi connectivity index (χ4n) is 4.74. The molecule has 0 aliphatic carbocycles. The van der Waals surface area contributed by atoms with Gasteiger partial charge in [0.05, 0.1) is 20.1 Å². The van der Waals surface area contributed by atoms with E-state index in [2.05, 4.69) is 29.2 Å². The monoisotopic (exact) mass is 451 g/mol. The van der Waals surface area contributed by atoms with Crippen LogP contribution in [0, 0.1) is 5.92 Å². The molecule has 0 aromatic heterocycles. The van der Waals surface area contributed by atoms with Crippen molar-refractivity contribution in [1.29, 1.82) is 0 Å². The maximum absolute atomic E-state index is 13.1. The largest absolute Gasteiger partial charge is 0.493 e. The highest BCUT2D eigenvalue weighted by molar-refractivity contribution is 6.00. The fourth-order valence-corrected chi connectivity index (χ4v) is 4.74. The van der Waals surface area contributed by atoms with Crippen LogP contribution < -0.4 is 19.3 Å². The van der Waals surface area contributed by atoms with Crippen LogP contribution >= 0.6 is 0 Å². The van der Waals surface area contributed by atoms with Gasteiger partial charge in [-0.3, -0.25) is 9.59 Å². The standard InChI is InChI=1S/C26H33N3O4/c1-27(17-19-7-9-21(10-8-19)28-13-5-4-6-14-28)26(31)20-15-25(30)29(18-20)22-11-12-23(32-2)24(16-22)33-3/h7-12,16,20H,4-6,13-15,17-18H2,1-3H3. The molecule has 2 aliphatic rings. The first-order chi connectivity index (χ1) is 16.0. The zero-order valence-electron chi connectivity index (χ0n) is 19.8. The Morgan fingerprint density at radius 3 is 2.30 bits per heavy atom. The number of methoxy groups -OCH3 is 2. The number of hydrogen-bond acceptors (Lipinski definition) is 5. The molecule has 2 aromatic rings. The Morgan fingerprint density at radius 2 is 1.64 bits per heavy atom. The van der Waals surface area contributed by atoms with E-state index in [1.165, 1.54) is 24.9 Å². The number of carbonyl (C=O) groups is 2. The number of ether oxygens (including phenoxy) is 2. The summed E-state index contributed by atoms with van der Waals surface area (Å²) < 4.78 is 10.6. The van der Waals surface area contributed by atoms with Crippen LogP contribution in [0.15, 0.2) is 42.5 Å². The predicted molar refractivity (Wildman–Crippen MR) is 129 cm³/mol. The molecule has 1 unspecified atom stereocenters. The molecular formula is C26H33N3O4. The van der Waals surface area contributed by atoms with Crippen LogP contribution in [0.5, 0.6) is 11.5 Å². The third-order valence-electron chi connectivity index (χ3n) is 6.61. The molecule has 0 spiro atoms. The average molecular weight is 452 g/mol. The van der Waals surface area contributed by atoms with Crippen molar-refractivity contribution in [3.8, 4) is 11.5 Å². The molecule has 2 aromatic carbocycles. The smallest absolute Gasteiger partial charge is 0.228 e. The van der Waals surface area contributed by atoms with Gasteiger partial charge >= 0.3 is 0 Å². The highest BCUT2D eigenvalue weighted by Gasteiger charge is 2.36. The Bertz CT molecular complexity index is 986. The molecule has 2 heterocycles. The fraction of sp³-hybridized carbons (Fsp3) is 0.462. The summed E-state index contributed by atoms with van der Waals surface area (Å²) >= 11 is 0. The highest BCUT2D eigenvalue weighted by atomic mass is 16.5. The maximum Gasteiger partial charge on any atom is 0.228 e. The predicted octanol–water partition coefficient (Wildman–Crippen LogP) is 3.71. The molecule has 0 N–H and O–H groups in total. The Balaban J connectivity index is 1.37. The van der Waals surface area contributed by atoms with Crippen molar-refractivity contribution in [3.63, 3.8) is 0 Å². The summed E-state index contributed by atoms with van der Waals surface area (Å²) in [6.07, 6.45) is 4.03. The van der Waals surface area contributed by atoms with Gasteiger partial charge in [0.25, 0.3) is 0 Å². The van der Waals surface area contributed by atoms with Gasteiger partial charge in [0, 0.05) is 57.1 Å². The number of benzene rings is 2. The van der Waals surface area contributed by atoms with Gasteiger partial charge < -0.3 is 24.2 Å². The lowest BCUT2D eigenvalue weighted by Gasteiger charge is -2.29. The van der Waals surface area contributed by atoms with Crippen LogP contribution in [0.3, 0.4) is 0 Å². The van der Waals surface area contributed by atoms with Crippen LogP contribution in [0.2, 0.25) is 0 Å². The maximum atomic E-state index is 13.1. The highest BCUT2D eigenvalue weighted by Crippen LogP contribution is 2.34. The molecular weight excluding hydrogens is 418 g/mol. The minimum atomic E-state index is -0.358. The van der Waals surface area contributed by atoms with E-state index in [-0.39, 0.29) is 24.2 Å². The number of amides is 2. The summed E-state index contributed by atoms with van der Waals surface area (Å²) in [7, 11) is 4.95. The normalized spacial score (nSPS) is 18.4. The molecule has 7 heteroatoms. The number of hydrogen-bond donors (Lipinski definition) is 0.